The van der Waals surface area contributed by atoms with Crippen LogP contribution >= 0.6 is 0 Å². The van der Waals surface area contributed by atoms with Crippen LogP contribution in [0.3, 0.4) is 0 Å². The zero-order valence-corrected chi connectivity index (χ0v) is 19.3. The molecule has 2 heterocycles. The fourth-order valence-corrected chi connectivity index (χ4v) is 6.42. The van der Waals surface area contributed by atoms with Crippen molar-refractivity contribution >= 4 is 54.5 Å². The number of para-hydroxylation sites is 2. The molecule has 0 fully saturated rings. The maximum absolute atomic E-state index is 6.53. The highest BCUT2D eigenvalue weighted by Gasteiger charge is 2.23. The van der Waals surface area contributed by atoms with Crippen molar-refractivity contribution in [3.8, 4) is 27.9 Å². The Hall–Kier alpha value is -4.82. The zero-order chi connectivity index (χ0) is 23.4. The van der Waals surface area contributed by atoms with Crippen LogP contribution in [0, 0.1) is 0 Å². The monoisotopic (exact) mass is 457 g/mol. The maximum atomic E-state index is 6.53. The third-order valence-electron chi connectivity index (χ3n) is 7.93. The molecule has 1 aliphatic carbocycles. The van der Waals surface area contributed by atoms with Gasteiger partial charge in [0.05, 0.1) is 11.0 Å². The Morgan fingerprint density at radius 2 is 1.25 bits per heavy atom. The molecule has 0 atom stereocenters. The van der Waals surface area contributed by atoms with Crippen LogP contribution in [0.5, 0.6) is 0 Å². The third-order valence-corrected chi connectivity index (χ3v) is 7.93. The molecular formula is C34H19NO. The van der Waals surface area contributed by atoms with Crippen LogP contribution in [-0.4, -0.2) is 4.57 Å². The Balaban J connectivity index is 1.43. The summed E-state index contributed by atoms with van der Waals surface area (Å²) in [6.07, 6.45) is 0. The molecule has 0 saturated carbocycles. The molecule has 1 aliphatic rings. The molecule has 0 saturated heterocycles. The molecule has 0 aliphatic heterocycles. The van der Waals surface area contributed by atoms with Gasteiger partial charge in [-0.3, -0.25) is 0 Å². The smallest absolute Gasteiger partial charge is 0.160 e. The Morgan fingerprint density at radius 1 is 0.500 bits per heavy atom. The second-order valence-electron chi connectivity index (χ2n) is 9.73. The second kappa shape index (κ2) is 6.44. The normalized spacial score (nSPS) is 12.4. The highest BCUT2D eigenvalue weighted by molar-refractivity contribution is 6.22. The van der Waals surface area contributed by atoms with Gasteiger partial charge < -0.3 is 8.98 Å². The molecule has 2 aromatic heterocycles. The third kappa shape index (κ3) is 2.18. The number of nitrogens with zero attached hydrogens (tertiary/aromatic N) is 1. The summed E-state index contributed by atoms with van der Waals surface area (Å²) < 4.78 is 8.91. The summed E-state index contributed by atoms with van der Waals surface area (Å²) in [7, 11) is 0. The molecule has 166 valence electrons. The largest absolute Gasteiger partial charge is 0.454 e. The molecule has 8 aromatic rings. The minimum atomic E-state index is 0.924. The Bertz CT molecular complexity index is 2200. The Kier molecular flexibility index (Phi) is 3.31. The van der Waals surface area contributed by atoms with E-state index in [1.54, 1.807) is 0 Å². The van der Waals surface area contributed by atoms with Crippen LogP contribution < -0.4 is 0 Å². The van der Waals surface area contributed by atoms with Gasteiger partial charge >= 0.3 is 0 Å². The molecule has 0 unspecified atom stereocenters. The summed E-state index contributed by atoms with van der Waals surface area (Å²) in [5.74, 6) is 0. The zero-order valence-electron chi connectivity index (χ0n) is 19.3. The standard InChI is InChI=1S/C34H19NO/c1-3-13-30-23(9-1)27-17-18-28-24-10-2-4-14-31(24)36-34(28)33(27)35(30)21-15-16-22-25-11-5-7-20-8-6-12-26(32(20)25)29(22)19-21/h1-19H. The molecule has 0 spiro atoms. The van der Waals surface area contributed by atoms with Crippen molar-refractivity contribution in [2.75, 3.05) is 0 Å². The van der Waals surface area contributed by atoms with E-state index in [1.165, 1.54) is 49.3 Å². The minimum absolute atomic E-state index is 0.924. The Morgan fingerprint density at radius 3 is 2.14 bits per heavy atom. The number of aromatic nitrogens is 1. The molecule has 9 rings (SSSR count). The van der Waals surface area contributed by atoms with Gasteiger partial charge in [0.15, 0.2) is 5.58 Å². The van der Waals surface area contributed by atoms with E-state index in [4.69, 9.17) is 4.42 Å². The van der Waals surface area contributed by atoms with Gasteiger partial charge in [0.1, 0.15) is 5.58 Å². The van der Waals surface area contributed by atoms with E-state index in [-0.39, 0.29) is 0 Å². The fraction of sp³-hybridized carbons (Fsp3) is 0. The second-order valence-corrected chi connectivity index (χ2v) is 9.73. The molecule has 6 aromatic carbocycles. The van der Waals surface area contributed by atoms with Gasteiger partial charge in [-0.25, -0.2) is 0 Å². The van der Waals surface area contributed by atoms with Crippen LogP contribution in [0.2, 0.25) is 0 Å². The van der Waals surface area contributed by atoms with Gasteiger partial charge in [0, 0.05) is 27.2 Å². The first-order valence-electron chi connectivity index (χ1n) is 12.4. The Labute approximate surface area is 206 Å². The lowest BCUT2D eigenvalue weighted by Crippen LogP contribution is -1.95. The summed E-state index contributed by atoms with van der Waals surface area (Å²) in [6.45, 7) is 0. The number of hydrogen-bond acceptors (Lipinski definition) is 1. The van der Waals surface area contributed by atoms with Crippen molar-refractivity contribution in [1.82, 2.24) is 4.57 Å². The first kappa shape index (κ1) is 18.5. The van der Waals surface area contributed by atoms with E-state index in [9.17, 15) is 0 Å². The van der Waals surface area contributed by atoms with Crippen LogP contribution in [0.1, 0.15) is 0 Å². The molecule has 0 N–H and O–H groups in total. The van der Waals surface area contributed by atoms with E-state index in [1.807, 2.05) is 6.07 Å². The summed E-state index contributed by atoms with van der Waals surface area (Å²) in [5, 5.41) is 7.41. The molecule has 0 radical (unpaired) electrons. The lowest BCUT2D eigenvalue weighted by atomic mass is 10.0. The van der Waals surface area contributed by atoms with Crippen LogP contribution in [0.25, 0.3) is 82.5 Å². The van der Waals surface area contributed by atoms with E-state index in [0.29, 0.717) is 0 Å². The van der Waals surface area contributed by atoms with Gasteiger partial charge in [-0.1, -0.05) is 84.9 Å². The van der Waals surface area contributed by atoms with E-state index in [2.05, 4.69) is 114 Å². The van der Waals surface area contributed by atoms with E-state index in [0.717, 1.165) is 33.1 Å². The van der Waals surface area contributed by atoms with Crippen molar-refractivity contribution in [3.63, 3.8) is 0 Å². The summed E-state index contributed by atoms with van der Waals surface area (Å²) in [4.78, 5) is 0. The molecular weight excluding hydrogens is 438 g/mol. The van der Waals surface area contributed by atoms with Gasteiger partial charge in [-0.05, 0) is 63.4 Å². The summed E-state index contributed by atoms with van der Waals surface area (Å²) in [6, 6.07) is 41.6. The first-order valence-corrected chi connectivity index (χ1v) is 12.4. The van der Waals surface area contributed by atoms with E-state index >= 15 is 0 Å². The average molecular weight is 458 g/mol. The number of hydrogen-bond donors (Lipinski definition) is 0. The summed E-state index contributed by atoms with van der Waals surface area (Å²) >= 11 is 0. The predicted octanol–water partition coefficient (Wildman–Crippen LogP) is 9.48. The van der Waals surface area contributed by atoms with Crippen molar-refractivity contribution in [1.29, 1.82) is 0 Å². The van der Waals surface area contributed by atoms with Crippen molar-refractivity contribution in [2.45, 2.75) is 0 Å². The van der Waals surface area contributed by atoms with E-state index < -0.39 is 0 Å². The first-order chi connectivity index (χ1) is 17.9. The quantitative estimate of drug-likeness (QED) is 0.240. The van der Waals surface area contributed by atoms with Gasteiger partial charge in [0.2, 0.25) is 0 Å². The van der Waals surface area contributed by atoms with Crippen molar-refractivity contribution in [2.24, 2.45) is 0 Å². The molecule has 2 heteroatoms. The number of rotatable bonds is 1. The topological polar surface area (TPSA) is 18.1 Å². The molecule has 0 amide bonds. The molecule has 36 heavy (non-hydrogen) atoms. The number of furan rings is 1. The number of benzene rings is 6. The lowest BCUT2D eigenvalue weighted by molar-refractivity contribution is 0.671. The van der Waals surface area contributed by atoms with Crippen LogP contribution in [0.15, 0.2) is 120 Å². The minimum Gasteiger partial charge on any atom is -0.454 e. The van der Waals surface area contributed by atoms with Gasteiger partial charge in [0.25, 0.3) is 0 Å². The predicted molar refractivity (Wildman–Crippen MR) is 150 cm³/mol. The highest BCUT2D eigenvalue weighted by Crippen LogP contribution is 2.48. The molecule has 0 bridgehead atoms. The summed E-state index contributed by atoms with van der Waals surface area (Å²) in [5.41, 5.74) is 10.6. The lowest BCUT2D eigenvalue weighted by Gasteiger charge is -2.11. The van der Waals surface area contributed by atoms with Crippen LogP contribution in [-0.2, 0) is 0 Å². The molecule has 2 nitrogen and oxygen atoms in total. The van der Waals surface area contributed by atoms with Crippen LogP contribution in [0.4, 0.5) is 0 Å². The highest BCUT2D eigenvalue weighted by atomic mass is 16.3. The number of fused-ring (bicyclic) bond motifs is 10. The van der Waals surface area contributed by atoms with Gasteiger partial charge in [-0.2, -0.15) is 0 Å². The van der Waals surface area contributed by atoms with Crippen molar-refractivity contribution in [3.05, 3.63) is 115 Å². The SMILES string of the molecule is c1cc2c3c(cccc3c1)-c1cc(-n3c4ccccc4c4ccc5c6ccccc6oc5c43)ccc1-2. The average Bonchev–Trinajstić information content (AvgIpc) is 3.58. The maximum Gasteiger partial charge on any atom is 0.160 e. The van der Waals surface area contributed by atoms with Crippen molar-refractivity contribution < 1.29 is 4.42 Å². The fourth-order valence-electron chi connectivity index (χ4n) is 6.42. The van der Waals surface area contributed by atoms with Gasteiger partial charge in [-0.15, -0.1) is 0 Å².